The fraction of sp³-hybridized carbons (Fsp3) is 0.412. The molecule has 0 spiro atoms. The van der Waals surface area contributed by atoms with Crippen LogP contribution in [-0.2, 0) is 4.79 Å². The van der Waals surface area contributed by atoms with E-state index in [9.17, 15) is 9.59 Å². The van der Waals surface area contributed by atoms with Crippen molar-refractivity contribution < 1.29 is 14.3 Å². The largest absolute Gasteiger partial charge is 0.497 e. The second-order valence-corrected chi connectivity index (χ2v) is 5.95. The van der Waals surface area contributed by atoms with Crippen molar-refractivity contribution in [2.24, 2.45) is 5.73 Å². The van der Waals surface area contributed by atoms with Gasteiger partial charge in [-0.2, -0.15) is 0 Å². The number of primary amides is 1. The lowest BCUT2D eigenvalue weighted by Gasteiger charge is -2.34. The number of rotatable bonds is 4. The van der Waals surface area contributed by atoms with Crippen molar-refractivity contribution >= 4 is 22.7 Å². The van der Waals surface area contributed by atoms with E-state index in [1.165, 1.54) is 0 Å². The number of H-pyrrole nitrogens is 1. The summed E-state index contributed by atoms with van der Waals surface area (Å²) in [6.07, 6.45) is 3.02. The Bertz CT molecular complexity index is 738. The molecule has 6 nitrogen and oxygen atoms in total. The molecule has 1 fully saturated rings. The molecule has 23 heavy (non-hydrogen) atoms. The third-order valence-corrected chi connectivity index (χ3v) is 4.38. The van der Waals surface area contributed by atoms with Crippen LogP contribution in [0.5, 0.6) is 5.75 Å². The van der Waals surface area contributed by atoms with Crippen LogP contribution in [0.15, 0.2) is 24.3 Å². The molecule has 1 saturated heterocycles. The van der Waals surface area contributed by atoms with Gasteiger partial charge in [-0.25, -0.2) is 0 Å². The van der Waals surface area contributed by atoms with Crippen molar-refractivity contribution in [1.29, 1.82) is 0 Å². The number of amides is 2. The number of nitrogens with zero attached hydrogens (tertiary/aromatic N) is 1. The molecule has 2 amide bonds. The van der Waals surface area contributed by atoms with Gasteiger partial charge in [0.15, 0.2) is 0 Å². The van der Waals surface area contributed by atoms with Crippen LogP contribution in [0, 0.1) is 0 Å². The maximum atomic E-state index is 12.8. The Kier molecular flexibility index (Phi) is 4.23. The monoisotopic (exact) mass is 315 g/mol. The minimum atomic E-state index is -0.365. The maximum absolute atomic E-state index is 12.8. The highest BCUT2D eigenvalue weighted by Gasteiger charge is 2.29. The lowest BCUT2D eigenvalue weighted by Crippen LogP contribution is -2.45. The number of nitrogens with two attached hydrogens (primary N) is 1. The summed E-state index contributed by atoms with van der Waals surface area (Å²) in [5, 5.41) is 0.956. The molecule has 0 unspecified atom stereocenters. The van der Waals surface area contributed by atoms with Crippen LogP contribution in [0.1, 0.15) is 36.2 Å². The zero-order valence-corrected chi connectivity index (χ0v) is 13.2. The summed E-state index contributed by atoms with van der Waals surface area (Å²) in [6, 6.07) is 7.38. The topological polar surface area (TPSA) is 88.4 Å². The van der Waals surface area contributed by atoms with E-state index in [1.54, 1.807) is 12.0 Å². The summed E-state index contributed by atoms with van der Waals surface area (Å²) in [5.74, 6) is 0.296. The number of fused-ring (bicyclic) bond motifs is 1. The molecular weight excluding hydrogens is 294 g/mol. The molecule has 1 aliphatic heterocycles. The standard InChI is InChI=1S/C17H21N3O3/c1-23-13-6-5-11-8-15(19-14(11)10-13)17(22)20-7-3-2-4-12(20)9-16(18)21/h5-6,8,10,12,19H,2-4,7,9H2,1H3,(H2,18,21)/t12-/m1/s1. The van der Waals surface area contributed by atoms with E-state index in [0.717, 1.165) is 35.9 Å². The molecular formula is C17H21N3O3. The lowest BCUT2D eigenvalue weighted by molar-refractivity contribution is -0.119. The minimum Gasteiger partial charge on any atom is -0.497 e. The molecule has 1 aromatic heterocycles. The van der Waals surface area contributed by atoms with Crippen molar-refractivity contribution in [3.05, 3.63) is 30.0 Å². The van der Waals surface area contributed by atoms with Gasteiger partial charge in [0.05, 0.1) is 7.11 Å². The number of likely N-dealkylation sites (tertiary alicyclic amines) is 1. The normalized spacial score (nSPS) is 18.1. The number of ether oxygens (including phenoxy) is 1. The van der Waals surface area contributed by atoms with Crippen LogP contribution in [0.25, 0.3) is 10.9 Å². The first kappa shape index (κ1) is 15.4. The second kappa shape index (κ2) is 6.32. The molecule has 3 N–H and O–H groups in total. The Hall–Kier alpha value is -2.50. The third kappa shape index (κ3) is 3.16. The van der Waals surface area contributed by atoms with E-state index in [1.807, 2.05) is 24.3 Å². The van der Waals surface area contributed by atoms with Crippen molar-refractivity contribution in [3.63, 3.8) is 0 Å². The molecule has 0 radical (unpaired) electrons. The van der Waals surface area contributed by atoms with Gasteiger partial charge in [-0.15, -0.1) is 0 Å². The minimum absolute atomic E-state index is 0.0777. The summed E-state index contributed by atoms with van der Waals surface area (Å²) in [6.45, 7) is 0.662. The fourth-order valence-corrected chi connectivity index (χ4v) is 3.22. The van der Waals surface area contributed by atoms with Gasteiger partial charge in [0.2, 0.25) is 5.91 Å². The Labute approximate surface area is 134 Å². The van der Waals surface area contributed by atoms with Crippen LogP contribution in [-0.4, -0.2) is 41.4 Å². The number of aromatic nitrogens is 1. The first-order valence-corrected chi connectivity index (χ1v) is 7.84. The number of piperidine rings is 1. The number of hydrogen-bond acceptors (Lipinski definition) is 3. The number of carbonyl (C=O) groups excluding carboxylic acids is 2. The predicted octanol–water partition coefficient (Wildman–Crippen LogP) is 2.05. The molecule has 1 aromatic carbocycles. The van der Waals surface area contributed by atoms with Gasteiger partial charge in [-0.1, -0.05) is 0 Å². The number of hydrogen-bond donors (Lipinski definition) is 2. The predicted molar refractivity (Wildman–Crippen MR) is 87.3 cm³/mol. The summed E-state index contributed by atoms with van der Waals surface area (Å²) in [4.78, 5) is 29.0. The Morgan fingerprint density at radius 2 is 2.17 bits per heavy atom. The average molecular weight is 315 g/mol. The van der Waals surface area contributed by atoms with Gasteiger partial charge >= 0.3 is 0 Å². The Balaban J connectivity index is 1.87. The number of benzene rings is 1. The Morgan fingerprint density at radius 3 is 2.91 bits per heavy atom. The zero-order chi connectivity index (χ0) is 16.4. The SMILES string of the molecule is COc1ccc2cc(C(=O)N3CCCC[C@@H]3CC(N)=O)[nH]c2c1. The Morgan fingerprint density at radius 1 is 1.35 bits per heavy atom. The summed E-state index contributed by atoms with van der Waals surface area (Å²) < 4.78 is 5.20. The highest BCUT2D eigenvalue weighted by molar-refractivity contribution is 5.98. The van der Waals surface area contributed by atoms with Crippen LogP contribution in [0.4, 0.5) is 0 Å². The van der Waals surface area contributed by atoms with Gasteiger partial charge < -0.3 is 20.4 Å². The second-order valence-electron chi connectivity index (χ2n) is 5.95. The molecule has 0 saturated carbocycles. The molecule has 1 atom stereocenters. The highest BCUT2D eigenvalue weighted by Crippen LogP contribution is 2.25. The van der Waals surface area contributed by atoms with E-state index in [2.05, 4.69) is 4.98 Å². The number of carbonyl (C=O) groups is 2. The molecule has 0 bridgehead atoms. The highest BCUT2D eigenvalue weighted by atomic mass is 16.5. The fourth-order valence-electron chi connectivity index (χ4n) is 3.22. The molecule has 3 rings (SSSR count). The summed E-state index contributed by atoms with van der Waals surface area (Å²) >= 11 is 0. The molecule has 122 valence electrons. The van der Waals surface area contributed by atoms with Crippen molar-refractivity contribution in [2.75, 3.05) is 13.7 Å². The first-order chi connectivity index (χ1) is 11.1. The smallest absolute Gasteiger partial charge is 0.270 e. The van der Waals surface area contributed by atoms with E-state index in [-0.39, 0.29) is 24.3 Å². The molecule has 2 aromatic rings. The quantitative estimate of drug-likeness (QED) is 0.905. The van der Waals surface area contributed by atoms with Crippen LogP contribution >= 0.6 is 0 Å². The third-order valence-electron chi connectivity index (χ3n) is 4.38. The van der Waals surface area contributed by atoms with Gasteiger partial charge in [0, 0.05) is 36.0 Å². The van der Waals surface area contributed by atoms with Gasteiger partial charge in [-0.05, 0) is 37.5 Å². The molecule has 2 heterocycles. The lowest BCUT2D eigenvalue weighted by atomic mass is 9.98. The average Bonchev–Trinajstić information content (AvgIpc) is 2.97. The van der Waals surface area contributed by atoms with Crippen molar-refractivity contribution in [1.82, 2.24) is 9.88 Å². The summed E-state index contributed by atoms with van der Waals surface area (Å²) in [7, 11) is 1.61. The molecule has 6 heteroatoms. The van der Waals surface area contributed by atoms with Gasteiger partial charge in [0.25, 0.3) is 5.91 Å². The maximum Gasteiger partial charge on any atom is 0.270 e. The molecule has 1 aliphatic rings. The van der Waals surface area contributed by atoms with E-state index in [4.69, 9.17) is 10.5 Å². The van der Waals surface area contributed by atoms with E-state index >= 15 is 0 Å². The van der Waals surface area contributed by atoms with Crippen molar-refractivity contribution in [3.8, 4) is 5.75 Å². The summed E-state index contributed by atoms with van der Waals surface area (Å²) in [5.41, 5.74) is 6.71. The number of methoxy groups -OCH3 is 1. The zero-order valence-electron chi connectivity index (χ0n) is 13.2. The van der Waals surface area contributed by atoms with Crippen LogP contribution in [0.2, 0.25) is 0 Å². The number of nitrogens with one attached hydrogen (secondary N) is 1. The molecule has 0 aliphatic carbocycles. The van der Waals surface area contributed by atoms with Gasteiger partial charge in [-0.3, -0.25) is 9.59 Å². The van der Waals surface area contributed by atoms with E-state index in [0.29, 0.717) is 12.2 Å². The first-order valence-electron chi connectivity index (χ1n) is 7.84. The van der Waals surface area contributed by atoms with Gasteiger partial charge in [0.1, 0.15) is 11.4 Å². The van der Waals surface area contributed by atoms with E-state index < -0.39 is 0 Å². The van der Waals surface area contributed by atoms with Crippen molar-refractivity contribution in [2.45, 2.75) is 31.7 Å². The van der Waals surface area contributed by atoms with Crippen LogP contribution < -0.4 is 10.5 Å². The van der Waals surface area contributed by atoms with Crippen LogP contribution in [0.3, 0.4) is 0 Å². The number of aromatic amines is 1.